The lowest BCUT2D eigenvalue weighted by atomic mass is 10.1. The highest BCUT2D eigenvalue weighted by Gasteiger charge is 2.16. The van der Waals surface area contributed by atoms with Crippen LogP contribution in [0.4, 0.5) is 0 Å². The van der Waals surface area contributed by atoms with Crippen LogP contribution in [0.2, 0.25) is 0 Å². The van der Waals surface area contributed by atoms with Crippen molar-refractivity contribution in [2.24, 2.45) is 4.99 Å². The number of halogens is 1. The van der Waals surface area contributed by atoms with Gasteiger partial charge in [0.2, 0.25) is 0 Å². The van der Waals surface area contributed by atoms with E-state index in [0.717, 1.165) is 18.7 Å². The molecule has 1 aliphatic heterocycles. The SMILES string of the molecule is CCNC(=NCc1ccc(CN2CCCCC2)cc1)NCC(=O)OC(C)(C)C.I. The molecule has 0 unspecified atom stereocenters. The van der Waals surface area contributed by atoms with E-state index in [2.05, 4.69) is 44.8 Å². The van der Waals surface area contributed by atoms with Crippen molar-refractivity contribution in [2.75, 3.05) is 26.2 Å². The van der Waals surface area contributed by atoms with Crippen molar-refractivity contribution < 1.29 is 9.53 Å². The first-order valence-corrected chi connectivity index (χ1v) is 10.4. The number of carbonyl (C=O) groups is 1. The second-order valence-corrected chi connectivity index (χ2v) is 8.29. The van der Waals surface area contributed by atoms with Gasteiger partial charge in [-0.25, -0.2) is 4.99 Å². The van der Waals surface area contributed by atoms with E-state index in [4.69, 9.17) is 4.74 Å². The summed E-state index contributed by atoms with van der Waals surface area (Å²) >= 11 is 0. The van der Waals surface area contributed by atoms with Crippen LogP contribution in [0.3, 0.4) is 0 Å². The first-order valence-electron chi connectivity index (χ1n) is 10.4. The van der Waals surface area contributed by atoms with E-state index in [0.29, 0.717) is 12.5 Å². The molecule has 0 atom stereocenters. The highest BCUT2D eigenvalue weighted by atomic mass is 127. The van der Waals surface area contributed by atoms with Crippen LogP contribution in [-0.2, 0) is 22.6 Å². The summed E-state index contributed by atoms with van der Waals surface area (Å²) in [6.45, 7) is 12.4. The van der Waals surface area contributed by atoms with E-state index >= 15 is 0 Å². The summed E-state index contributed by atoms with van der Waals surface area (Å²) in [5.41, 5.74) is 2.02. The number of hydrogen-bond acceptors (Lipinski definition) is 4. The molecule has 1 saturated heterocycles. The van der Waals surface area contributed by atoms with Crippen molar-refractivity contribution in [2.45, 2.75) is 65.6 Å². The van der Waals surface area contributed by atoms with Gasteiger partial charge in [0.1, 0.15) is 12.1 Å². The highest BCUT2D eigenvalue weighted by Crippen LogP contribution is 2.14. The van der Waals surface area contributed by atoms with Crippen LogP contribution in [0.15, 0.2) is 29.3 Å². The van der Waals surface area contributed by atoms with Crippen molar-refractivity contribution in [3.05, 3.63) is 35.4 Å². The zero-order valence-corrected chi connectivity index (χ0v) is 20.6. The fourth-order valence-corrected chi connectivity index (χ4v) is 3.17. The molecule has 2 N–H and O–H groups in total. The number of carbonyl (C=O) groups excluding carboxylic acids is 1. The number of guanidine groups is 1. The number of ether oxygens (including phenoxy) is 1. The second-order valence-electron chi connectivity index (χ2n) is 8.29. The van der Waals surface area contributed by atoms with Gasteiger partial charge < -0.3 is 15.4 Å². The Kier molecular flexibility index (Phi) is 11.6. The molecule has 164 valence electrons. The third-order valence-electron chi connectivity index (χ3n) is 4.46. The molecule has 1 aromatic carbocycles. The van der Waals surface area contributed by atoms with Crippen LogP contribution in [0, 0.1) is 0 Å². The van der Waals surface area contributed by atoms with Gasteiger partial charge in [-0.1, -0.05) is 30.7 Å². The molecule has 0 bridgehead atoms. The van der Waals surface area contributed by atoms with Gasteiger partial charge in [-0.2, -0.15) is 0 Å². The average molecular weight is 516 g/mol. The lowest BCUT2D eigenvalue weighted by Crippen LogP contribution is -2.41. The Bertz CT molecular complexity index is 635. The van der Waals surface area contributed by atoms with Gasteiger partial charge >= 0.3 is 5.97 Å². The van der Waals surface area contributed by atoms with Crippen LogP contribution >= 0.6 is 24.0 Å². The number of nitrogens with one attached hydrogen (secondary N) is 2. The number of piperidine rings is 1. The number of rotatable bonds is 7. The highest BCUT2D eigenvalue weighted by molar-refractivity contribution is 14.0. The molecule has 0 amide bonds. The minimum Gasteiger partial charge on any atom is -0.459 e. The molecular formula is C22H37IN4O2. The quantitative estimate of drug-likeness (QED) is 0.251. The monoisotopic (exact) mass is 516 g/mol. The minimum atomic E-state index is -0.482. The summed E-state index contributed by atoms with van der Waals surface area (Å²) in [5, 5.41) is 6.20. The molecule has 2 rings (SSSR count). The van der Waals surface area contributed by atoms with E-state index in [1.165, 1.54) is 37.9 Å². The summed E-state index contributed by atoms with van der Waals surface area (Å²) in [4.78, 5) is 19.0. The van der Waals surface area contributed by atoms with Gasteiger partial charge in [0.15, 0.2) is 5.96 Å². The van der Waals surface area contributed by atoms with Crippen molar-refractivity contribution in [1.29, 1.82) is 0 Å². The molecule has 29 heavy (non-hydrogen) atoms. The Morgan fingerprint density at radius 3 is 2.28 bits per heavy atom. The average Bonchev–Trinajstić information content (AvgIpc) is 2.65. The van der Waals surface area contributed by atoms with Crippen molar-refractivity contribution >= 4 is 35.9 Å². The smallest absolute Gasteiger partial charge is 0.325 e. The number of benzene rings is 1. The molecule has 1 aromatic rings. The minimum absolute atomic E-state index is 0. The first kappa shape index (κ1) is 25.7. The Labute approximate surface area is 192 Å². The second kappa shape index (κ2) is 13.1. The molecular weight excluding hydrogens is 479 g/mol. The van der Waals surface area contributed by atoms with E-state index in [1.807, 2.05) is 27.7 Å². The summed E-state index contributed by atoms with van der Waals surface area (Å²) in [6, 6.07) is 8.67. The molecule has 0 spiro atoms. The lowest BCUT2D eigenvalue weighted by Gasteiger charge is -2.26. The Morgan fingerprint density at radius 2 is 1.69 bits per heavy atom. The molecule has 0 saturated carbocycles. The summed E-state index contributed by atoms with van der Waals surface area (Å²) in [6.07, 6.45) is 4.00. The standard InChI is InChI=1S/C22H36N4O2.HI/c1-5-23-21(25-16-20(27)28-22(2,3)4)24-15-18-9-11-19(12-10-18)17-26-13-7-6-8-14-26;/h9-12H,5-8,13-17H2,1-4H3,(H2,23,24,25);1H. The van der Waals surface area contributed by atoms with Crippen LogP contribution in [0.1, 0.15) is 58.1 Å². The van der Waals surface area contributed by atoms with Crippen LogP contribution in [-0.4, -0.2) is 48.6 Å². The molecule has 1 aliphatic rings. The third-order valence-corrected chi connectivity index (χ3v) is 4.46. The van der Waals surface area contributed by atoms with E-state index in [9.17, 15) is 4.79 Å². The first-order chi connectivity index (χ1) is 13.4. The predicted molar refractivity (Wildman–Crippen MR) is 130 cm³/mol. The maximum Gasteiger partial charge on any atom is 0.325 e. The molecule has 0 aromatic heterocycles. The molecule has 1 fully saturated rings. The van der Waals surface area contributed by atoms with Gasteiger partial charge in [-0.3, -0.25) is 9.69 Å². The number of likely N-dealkylation sites (tertiary alicyclic amines) is 1. The predicted octanol–water partition coefficient (Wildman–Crippen LogP) is 3.69. The number of nitrogens with zero attached hydrogens (tertiary/aromatic N) is 2. The van der Waals surface area contributed by atoms with Gasteiger partial charge in [0, 0.05) is 13.1 Å². The number of aliphatic imine (C=N–C) groups is 1. The maximum absolute atomic E-state index is 11.9. The van der Waals surface area contributed by atoms with Gasteiger partial charge in [0.25, 0.3) is 0 Å². The summed E-state index contributed by atoms with van der Waals surface area (Å²) < 4.78 is 5.32. The van der Waals surface area contributed by atoms with Crippen molar-refractivity contribution in [3.8, 4) is 0 Å². The normalized spacial score (nSPS) is 15.4. The summed E-state index contributed by atoms with van der Waals surface area (Å²) in [7, 11) is 0. The van der Waals surface area contributed by atoms with E-state index in [-0.39, 0.29) is 36.5 Å². The Morgan fingerprint density at radius 1 is 1.07 bits per heavy atom. The van der Waals surface area contributed by atoms with Gasteiger partial charge in [0.05, 0.1) is 6.54 Å². The van der Waals surface area contributed by atoms with Crippen LogP contribution < -0.4 is 10.6 Å². The zero-order valence-electron chi connectivity index (χ0n) is 18.3. The molecule has 6 nitrogen and oxygen atoms in total. The van der Waals surface area contributed by atoms with Gasteiger partial charge in [-0.15, -0.1) is 24.0 Å². The van der Waals surface area contributed by atoms with E-state index in [1.54, 1.807) is 0 Å². The lowest BCUT2D eigenvalue weighted by molar-refractivity contribution is -0.153. The fourth-order valence-electron chi connectivity index (χ4n) is 3.17. The zero-order chi connectivity index (χ0) is 20.4. The molecule has 0 radical (unpaired) electrons. The van der Waals surface area contributed by atoms with Crippen molar-refractivity contribution in [3.63, 3.8) is 0 Å². The molecule has 0 aliphatic carbocycles. The van der Waals surface area contributed by atoms with Crippen molar-refractivity contribution in [1.82, 2.24) is 15.5 Å². The van der Waals surface area contributed by atoms with Crippen LogP contribution in [0.25, 0.3) is 0 Å². The Hall–Kier alpha value is -1.35. The van der Waals surface area contributed by atoms with E-state index < -0.39 is 5.60 Å². The summed E-state index contributed by atoms with van der Waals surface area (Å²) in [5.74, 6) is 0.325. The fraction of sp³-hybridized carbons (Fsp3) is 0.636. The van der Waals surface area contributed by atoms with Gasteiger partial charge in [-0.05, 0) is 64.8 Å². The topological polar surface area (TPSA) is 66.0 Å². The molecule has 1 heterocycles. The number of hydrogen-bond donors (Lipinski definition) is 2. The molecule has 7 heteroatoms. The largest absolute Gasteiger partial charge is 0.459 e. The van der Waals surface area contributed by atoms with Crippen LogP contribution in [0.5, 0.6) is 0 Å². The number of esters is 1. The maximum atomic E-state index is 11.9. The Balaban J connectivity index is 0.00000420. The third kappa shape index (κ3) is 10.8.